The second-order valence-electron chi connectivity index (χ2n) is 6.01. The first-order chi connectivity index (χ1) is 12.9. The van der Waals surface area contributed by atoms with Gasteiger partial charge in [-0.2, -0.15) is 0 Å². The summed E-state index contributed by atoms with van der Waals surface area (Å²) in [5, 5.41) is 3.17. The van der Waals surface area contributed by atoms with Crippen molar-refractivity contribution in [1.82, 2.24) is 4.57 Å². The first kappa shape index (κ1) is 18.8. The predicted octanol–water partition coefficient (Wildman–Crippen LogP) is 5.04. The van der Waals surface area contributed by atoms with Crippen molar-refractivity contribution < 1.29 is 22.7 Å². The molecule has 0 aliphatic carbocycles. The molecule has 0 radical (unpaired) electrons. The normalized spacial score (nSPS) is 11.0. The first-order valence-corrected chi connectivity index (χ1v) is 8.59. The molecule has 7 heteroatoms. The zero-order chi connectivity index (χ0) is 19.7. The van der Waals surface area contributed by atoms with Crippen LogP contribution in [0.25, 0.3) is 10.9 Å². The molecule has 2 aromatic carbocycles. The van der Waals surface area contributed by atoms with Gasteiger partial charge >= 0.3 is 0 Å². The van der Waals surface area contributed by atoms with Crippen molar-refractivity contribution in [3.8, 4) is 5.75 Å². The molecular formula is C20H19F3N2O2. The fourth-order valence-corrected chi connectivity index (χ4v) is 3.18. The molecule has 0 bridgehead atoms. The van der Waals surface area contributed by atoms with Crippen molar-refractivity contribution >= 4 is 22.5 Å². The molecule has 1 amide bonds. The average molecular weight is 376 g/mol. The maximum atomic E-state index is 13.9. The Morgan fingerprint density at radius 2 is 1.85 bits per heavy atom. The molecule has 0 atom stereocenters. The summed E-state index contributed by atoms with van der Waals surface area (Å²) in [5.74, 6) is -4.29. The zero-order valence-corrected chi connectivity index (χ0v) is 15.2. The van der Waals surface area contributed by atoms with Crippen LogP contribution in [0.5, 0.6) is 5.75 Å². The highest BCUT2D eigenvalue weighted by molar-refractivity contribution is 6.08. The van der Waals surface area contributed by atoms with Gasteiger partial charge in [0.05, 0.1) is 12.3 Å². The van der Waals surface area contributed by atoms with Crippen molar-refractivity contribution in [2.24, 2.45) is 0 Å². The molecule has 1 heterocycles. The SMILES string of the molecule is CCOc1ccc2c(c1)c(C)c(C(=O)Nc1ccc(F)c(F)c1F)n2CC. The minimum absolute atomic E-state index is 0.324. The number of aromatic nitrogens is 1. The maximum Gasteiger partial charge on any atom is 0.272 e. The van der Waals surface area contributed by atoms with Crippen LogP contribution in [0.1, 0.15) is 29.9 Å². The number of aryl methyl sites for hydroxylation is 2. The highest BCUT2D eigenvalue weighted by atomic mass is 19.2. The maximum absolute atomic E-state index is 13.9. The Balaban J connectivity index is 2.06. The number of fused-ring (bicyclic) bond motifs is 1. The molecule has 0 saturated carbocycles. The number of benzene rings is 2. The first-order valence-electron chi connectivity index (χ1n) is 8.59. The van der Waals surface area contributed by atoms with Gasteiger partial charge in [-0.25, -0.2) is 13.2 Å². The summed E-state index contributed by atoms with van der Waals surface area (Å²) in [6.07, 6.45) is 0. The smallest absolute Gasteiger partial charge is 0.272 e. The fourth-order valence-electron chi connectivity index (χ4n) is 3.18. The molecule has 0 saturated heterocycles. The standard InChI is InChI=1S/C20H19F3N2O2/c1-4-25-16-9-6-12(27-5-2)10-13(16)11(3)19(25)20(26)24-15-8-7-14(21)17(22)18(15)23/h6-10H,4-5H2,1-3H3,(H,24,26). The van der Waals surface area contributed by atoms with Crippen molar-refractivity contribution in [2.45, 2.75) is 27.3 Å². The molecule has 0 spiro atoms. The number of nitrogens with zero attached hydrogens (tertiary/aromatic N) is 1. The lowest BCUT2D eigenvalue weighted by atomic mass is 10.1. The van der Waals surface area contributed by atoms with E-state index in [4.69, 9.17) is 4.74 Å². The van der Waals surface area contributed by atoms with Gasteiger partial charge in [0.15, 0.2) is 17.5 Å². The van der Waals surface area contributed by atoms with Gasteiger partial charge in [0.2, 0.25) is 0 Å². The lowest BCUT2D eigenvalue weighted by Gasteiger charge is -2.11. The second kappa shape index (κ2) is 7.34. The number of amides is 1. The molecule has 0 unspecified atom stereocenters. The minimum Gasteiger partial charge on any atom is -0.494 e. The van der Waals surface area contributed by atoms with Crippen LogP contribution in [0.2, 0.25) is 0 Å². The molecule has 1 aromatic heterocycles. The Hall–Kier alpha value is -2.96. The van der Waals surface area contributed by atoms with Crippen LogP contribution < -0.4 is 10.1 Å². The van der Waals surface area contributed by atoms with Crippen LogP contribution in [-0.4, -0.2) is 17.1 Å². The number of ether oxygens (including phenoxy) is 1. The summed E-state index contributed by atoms with van der Waals surface area (Å²) >= 11 is 0. The third-order valence-electron chi connectivity index (χ3n) is 4.41. The molecule has 1 N–H and O–H groups in total. The number of carbonyl (C=O) groups excluding carboxylic acids is 1. The van der Waals surface area contributed by atoms with E-state index in [-0.39, 0.29) is 0 Å². The van der Waals surface area contributed by atoms with Gasteiger partial charge < -0.3 is 14.6 Å². The van der Waals surface area contributed by atoms with Crippen LogP contribution in [-0.2, 0) is 6.54 Å². The second-order valence-corrected chi connectivity index (χ2v) is 6.01. The molecule has 142 valence electrons. The van der Waals surface area contributed by atoms with Gasteiger partial charge in [0, 0.05) is 17.4 Å². The molecule has 3 aromatic rings. The number of halogens is 3. The van der Waals surface area contributed by atoms with E-state index in [1.807, 2.05) is 32.0 Å². The monoisotopic (exact) mass is 376 g/mol. The average Bonchev–Trinajstić information content (AvgIpc) is 2.94. The lowest BCUT2D eigenvalue weighted by molar-refractivity contribution is 0.101. The van der Waals surface area contributed by atoms with E-state index in [2.05, 4.69) is 5.32 Å². The molecule has 4 nitrogen and oxygen atoms in total. The highest BCUT2D eigenvalue weighted by Crippen LogP contribution is 2.30. The van der Waals surface area contributed by atoms with E-state index >= 15 is 0 Å². The van der Waals surface area contributed by atoms with Gasteiger partial charge in [-0.15, -0.1) is 0 Å². The largest absolute Gasteiger partial charge is 0.494 e. The van der Waals surface area contributed by atoms with Crippen molar-refractivity contribution in [3.05, 3.63) is 59.0 Å². The van der Waals surface area contributed by atoms with Crippen LogP contribution in [0, 0.1) is 24.4 Å². The Morgan fingerprint density at radius 1 is 1.11 bits per heavy atom. The number of hydrogen-bond donors (Lipinski definition) is 1. The summed E-state index contributed by atoms with van der Waals surface area (Å²) < 4.78 is 47.7. The Kier molecular flexibility index (Phi) is 5.12. The fraction of sp³-hybridized carbons (Fsp3) is 0.250. The Labute approximate surface area is 154 Å². The molecule has 3 rings (SSSR count). The van der Waals surface area contributed by atoms with E-state index in [1.165, 1.54) is 0 Å². The van der Waals surface area contributed by atoms with Gasteiger partial charge in [-0.3, -0.25) is 4.79 Å². The Bertz CT molecular complexity index is 1030. The van der Waals surface area contributed by atoms with Crippen molar-refractivity contribution in [1.29, 1.82) is 0 Å². The molecule has 27 heavy (non-hydrogen) atoms. The van der Waals surface area contributed by atoms with Gasteiger partial charge in [-0.1, -0.05) is 0 Å². The summed E-state index contributed by atoms with van der Waals surface area (Å²) in [6, 6.07) is 7.27. The van der Waals surface area contributed by atoms with E-state index < -0.39 is 29.0 Å². The molecular weight excluding hydrogens is 357 g/mol. The lowest BCUT2D eigenvalue weighted by Crippen LogP contribution is -2.19. The number of hydrogen-bond acceptors (Lipinski definition) is 2. The third kappa shape index (κ3) is 3.25. The van der Waals surface area contributed by atoms with E-state index in [9.17, 15) is 18.0 Å². The van der Waals surface area contributed by atoms with Crippen LogP contribution in [0.15, 0.2) is 30.3 Å². The van der Waals surface area contributed by atoms with Crippen molar-refractivity contribution in [2.75, 3.05) is 11.9 Å². The van der Waals surface area contributed by atoms with E-state index in [0.29, 0.717) is 30.2 Å². The van der Waals surface area contributed by atoms with E-state index in [0.717, 1.165) is 23.0 Å². The zero-order valence-electron chi connectivity index (χ0n) is 15.2. The summed E-state index contributed by atoms with van der Waals surface area (Å²) in [6.45, 7) is 6.55. The number of anilines is 1. The van der Waals surface area contributed by atoms with Gasteiger partial charge in [0.25, 0.3) is 5.91 Å². The highest BCUT2D eigenvalue weighted by Gasteiger charge is 2.22. The molecule has 0 fully saturated rings. The number of carbonyl (C=O) groups is 1. The molecule has 0 aliphatic rings. The summed E-state index contributed by atoms with van der Waals surface area (Å²) in [4.78, 5) is 12.8. The molecule has 0 aliphatic heterocycles. The van der Waals surface area contributed by atoms with Gasteiger partial charge in [-0.05, 0) is 56.7 Å². The quantitative estimate of drug-likeness (QED) is 0.634. The van der Waals surface area contributed by atoms with Crippen LogP contribution >= 0.6 is 0 Å². The topological polar surface area (TPSA) is 43.3 Å². The summed E-state index contributed by atoms with van der Waals surface area (Å²) in [5.41, 5.74) is 1.43. The predicted molar refractivity (Wildman–Crippen MR) is 97.8 cm³/mol. The van der Waals surface area contributed by atoms with Crippen LogP contribution in [0.3, 0.4) is 0 Å². The third-order valence-corrected chi connectivity index (χ3v) is 4.41. The minimum atomic E-state index is -1.62. The van der Waals surface area contributed by atoms with Gasteiger partial charge in [0.1, 0.15) is 11.4 Å². The summed E-state index contributed by atoms with van der Waals surface area (Å²) in [7, 11) is 0. The van der Waals surface area contributed by atoms with Crippen LogP contribution in [0.4, 0.5) is 18.9 Å². The number of nitrogens with one attached hydrogen (secondary N) is 1. The number of rotatable bonds is 5. The Morgan fingerprint density at radius 3 is 2.52 bits per heavy atom. The van der Waals surface area contributed by atoms with E-state index in [1.54, 1.807) is 11.5 Å². The van der Waals surface area contributed by atoms with Crippen molar-refractivity contribution in [3.63, 3.8) is 0 Å².